The first kappa shape index (κ1) is 16.0. The quantitative estimate of drug-likeness (QED) is 0.739. The summed E-state index contributed by atoms with van der Waals surface area (Å²) in [5, 5.41) is 5.73. The second-order valence-electron chi connectivity index (χ2n) is 5.40. The highest BCUT2D eigenvalue weighted by Crippen LogP contribution is 2.22. The lowest BCUT2D eigenvalue weighted by Crippen LogP contribution is -2.26. The van der Waals surface area contributed by atoms with E-state index in [1.54, 1.807) is 14.0 Å². The molecule has 0 aliphatic carbocycles. The predicted octanol–water partition coefficient (Wildman–Crippen LogP) is 2.38. The summed E-state index contributed by atoms with van der Waals surface area (Å²) in [7, 11) is -1.86. The molecule has 0 amide bonds. The van der Waals surface area contributed by atoms with Crippen LogP contribution in [0.2, 0.25) is 5.02 Å². The minimum Gasteiger partial charge on any atom is -0.361 e. The van der Waals surface area contributed by atoms with E-state index in [1.807, 2.05) is 24.4 Å². The van der Waals surface area contributed by atoms with E-state index in [0.717, 1.165) is 16.5 Å². The molecule has 6 nitrogen and oxygen atoms in total. The number of rotatable bonds is 5. The molecule has 0 atom stereocenters. The molecule has 0 fully saturated rings. The number of nitrogens with zero attached hydrogens (tertiary/aromatic N) is 2. The smallest absolute Gasteiger partial charge is 0.243 e. The van der Waals surface area contributed by atoms with Crippen LogP contribution < -0.4 is 4.72 Å². The van der Waals surface area contributed by atoms with Crippen molar-refractivity contribution in [1.82, 2.24) is 19.5 Å². The first-order valence-electron chi connectivity index (χ1n) is 7.12. The van der Waals surface area contributed by atoms with Crippen LogP contribution in [0.3, 0.4) is 0 Å². The van der Waals surface area contributed by atoms with Crippen LogP contribution in [-0.4, -0.2) is 29.7 Å². The number of nitrogens with one attached hydrogen (secondary N) is 2. The zero-order valence-electron chi connectivity index (χ0n) is 12.8. The fourth-order valence-corrected chi connectivity index (χ4v) is 4.02. The number of hydrogen-bond donors (Lipinski definition) is 2. The number of H-pyrrole nitrogens is 1. The first-order valence-corrected chi connectivity index (χ1v) is 8.98. The van der Waals surface area contributed by atoms with Gasteiger partial charge in [-0.2, -0.15) is 5.10 Å². The Bertz CT molecular complexity index is 959. The summed E-state index contributed by atoms with van der Waals surface area (Å²) in [6.45, 7) is 1.98. The number of fused-ring (bicyclic) bond motifs is 1. The largest absolute Gasteiger partial charge is 0.361 e. The van der Waals surface area contributed by atoms with Crippen LogP contribution in [0.5, 0.6) is 0 Å². The molecule has 2 aromatic heterocycles. The van der Waals surface area contributed by atoms with Gasteiger partial charge in [-0.25, -0.2) is 13.1 Å². The summed E-state index contributed by atoms with van der Waals surface area (Å²) < 4.78 is 28.7. The second kappa shape index (κ2) is 5.99. The van der Waals surface area contributed by atoms with Crippen LogP contribution in [0.25, 0.3) is 10.9 Å². The van der Waals surface area contributed by atoms with E-state index >= 15 is 0 Å². The highest BCUT2D eigenvalue weighted by atomic mass is 35.5. The third kappa shape index (κ3) is 3.26. The number of benzene rings is 1. The molecule has 1 aromatic carbocycles. The van der Waals surface area contributed by atoms with E-state index in [1.165, 1.54) is 10.9 Å². The topological polar surface area (TPSA) is 79.8 Å². The zero-order chi connectivity index (χ0) is 16.6. The summed E-state index contributed by atoms with van der Waals surface area (Å²) in [4.78, 5) is 3.37. The van der Waals surface area contributed by atoms with Crippen LogP contribution in [0.1, 0.15) is 11.3 Å². The maximum Gasteiger partial charge on any atom is 0.243 e. The van der Waals surface area contributed by atoms with Gasteiger partial charge in [-0.05, 0) is 37.1 Å². The van der Waals surface area contributed by atoms with Crippen LogP contribution in [-0.2, 0) is 23.5 Å². The van der Waals surface area contributed by atoms with Gasteiger partial charge in [0.25, 0.3) is 0 Å². The van der Waals surface area contributed by atoms with E-state index in [4.69, 9.17) is 11.6 Å². The van der Waals surface area contributed by atoms with Crippen molar-refractivity contribution in [1.29, 1.82) is 0 Å². The molecule has 0 spiro atoms. The van der Waals surface area contributed by atoms with E-state index in [0.29, 0.717) is 23.7 Å². The molecule has 2 heterocycles. The normalized spacial score (nSPS) is 12.1. The maximum absolute atomic E-state index is 12.3. The highest BCUT2D eigenvalue weighted by molar-refractivity contribution is 7.89. The monoisotopic (exact) mass is 352 g/mol. The van der Waals surface area contributed by atoms with Crippen molar-refractivity contribution < 1.29 is 8.42 Å². The third-order valence-corrected chi connectivity index (χ3v) is 5.47. The van der Waals surface area contributed by atoms with Gasteiger partial charge >= 0.3 is 0 Å². The SMILES string of the molecule is Cc1nn(C)cc1S(=O)(=O)NCCc1c[nH]c2ccc(Cl)cc12. The van der Waals surface area contributed by atoms with Gasteiger partial charge in [0.05, 0.1) is 5.69 Å². The van der Waals surface area contributed by atoms with Crippen molar-refractivity contribution in [3.8, 4) is 0 Å². The fraction of sp³-hybridized carbons (Fsp3) is 0.267. The maximum atomic E-state index is 12.3. The molecule has 8 heteroatoms. The van der Waals surface area contributed by atoms with Crippen LogP contribution in [0.4, 0.5) is 0 Å². The van der Waals surface area contributed by atoms with Crippen LogP contribution in [0, 0.1) is 6.92 Å². The summed E-state index contributed by atoms with van der Waals surface area (Å²) in [5.74, 6) is 0. The van der Waals surface area contributed by atoms with Crippen molar-refractivity contribution in [2.75, 3.05) is 6.54 Å². The number of aromatic nitrogens is 3. The van der Waals surface area contributed by atoms with Crippen molar-refractivity contribution in [2.24, 2.45) is 7.05 Å². The van der Waals surface area contributed by atoms with Crippen molar-refractivity contribution >= 4 is 32.5 Å². The summed E-state index contributed by atoms with van der Waals surface area (Å²) in [6.07, 6.45) is 3.95. The van der Waals surface area contributed by atoms with Gasteiger partial charge < -0.3 is 4.98 Å². The molecule has 3 rings (SSSR count). The Morgan fingerprint density at radius 3 is 2.87 bits per heavy atom. The Balaban J connectivity index is 1.73. The number of aromatic amines is 1. The van der Waals surface area contributed by atoms with Crippen LogP contribution in [0.15, 0.2) is 35.5 Å². The van der Waals surface area contributed by atoms with E-state index in [2.05, 4.69) is 14.8 Å². The molecule has 0 unspecified atom stereocenters. The molecular weight excluding hydrogens is 336 g/mol. The highest BCUT2D eigenvalue weighted by Gasteiger charge is 2.19. The lowest BCUT2D eigenvalue weighted by atomic mass is 10.1. The second-order valence-corrected chi connectivity index (χ2v) is 7.58. The Hall–Kier alpha value is -1.83. The molecule has 0 saturated heterocycles. The summed E-state index contributed by atoms with van der Waals surface area (Å²) in [6, 6.07) is 5.60. The Kier molecular flexibility index (Phi) is 4.18. The third-order valence-electron chi connectivity index (χ3n) is 3.67. The predicted molar refractivity (Wildman–Crippen MR) is 90.1 cm³/mol. The summed E-state index contributed by atoms with van der Waals surface area (Å²) >= 11 is 6.02. The van der Waals surface area contributed by atoms with Crippen molar-refractivity contribution in [3.63, 3.8) is 0 Å². The van der Waals surface area contributed by atoms with Gasteiger partial charge in [0.2, 0.25) is 10.0 Å². The van der Waals surface area contributed by atoms with Gasteiger partial charge in [-0.15, -0.1) is 0 Å². The van der Waals surface area contributed by atoms with Gasteiger partial charge in [-0.3, -0.25) is 4.68 Å². The molecular formula is C15H17ClN4O2S. The molecule has 3 aromatic rings. The number of hydrogen-bond acceptors (Lipinski definition) is 3. The average Bonchev–Trinajstić information content (AvgIpc) is 3.02. The molecule has 0 radical (unpaired) electrons. The minimum atomic E-state index is -3.55. The minimum absolute atomic E-state index is 0.210. The molecule has 23 heavy (non-hydrogen) atoms. The molecule has 0 aliphatic rings. The first-order chi connectivity index (χ1) is 10.9. The molecule has 2 N–H and O–H groups in total. The molecule has 0 saturated carbocycles. The molecule has 0 bridgehead atoms. The van der Waals surface area contributed by atoms with Gasteiger partial charge in [0, 0.05) is 41.9 Å². The van der Waals surface area contributed by atoms with Gasteiger partial charge in [0.15, 0.2) is 0 Å². The van der Waals surface area contributed by atoms with E-state index in [9.17, 15) is 8.42 Å². The van der Waals surface area contributed by atoms with Crippen molar-refractivity contribution in [2.45, 2.75) is 18.2 Å². The standard InChI is InChI=1S/C15H17ClN4O2S/c1-10-15(9-20(2)19-10)23(21,22)18-6-5-11-8-17-14-4-3-12(16)7-13(11)14/h3-4,7-9,17-18H,5-6H2,1-2H3. The zero-order valence-corrected chi connectivity index (χ0v) is 14.4. The number of halogens is 1. The van der Waals surface area contributed by atoms with E-state index < -0.39 is 10.0 Å². The molecule has 122 valence electrons. The van der Waals surface area contributed by atoms with Gasteiger partial charge in [-0.1, -0.05) is 11.6 Å². The lowest BCUT2D eigenvalue weighted by Gasteiger charge is -2.05. The Morgan fingerprint density at radius 2 is 2.17 bits per heavy atom. The number of aryl methyl sites for hydroxylation is 2. The van der Waals surface area contributed by atoms with Crippen molar-refractivity contribution in [3.05, 3.63) is 46.9 Å². The lowest BCUT2D eigenvalue weighted by molar-refractivity contribution is 0.581. The summed E-state index contributed by atoms with van der Waals surface area (Å²) in [5.41, 5.74) is 2.49. The Morgan fingerprint density at radius 1 is 1.39 bits per heavy atom. The average molecular weight is 353 g/mol. The molecule has 0 aliphatic heterocycles. The Labute approximate surface area is 139 Å². The number of sulfonamides is 1. The van der Waals surface area contributed by atoms with Gasteiger partial charge in [0.1, 0.15) is 4.90 Å². The van der Waals surface area contributed by atoms with Crippen LogP contribution >= 0.6 is 11.6 Å². The fourth-order valence-electron chi connectivity index (χ4n) is 2.60. The van der Waals surface area contributed by atoms with E-state index in [-0.39, 0.29) is 4.90 Å².